The van der Waals surface area contributed by atoms with Crippen molar-refractivity contribution in [1.82, 2.24) is 9.88 Å². The first-order valence-electron chi connectivity index (χ1n) is 19.7. The number of aromatic nitrogens is 1. The number of aliphatic imine (C=N–C) groups is 2. The van der Waals surface area contributed by atoms with Crippen molar-refractivity contribution >= 4 is 77.0 Å². The predicted molar refractivity (Wildman–Crippen MR) is 240 cm³/mol. The molecule has 0 aliphatic carbocycles. The summed E-state index contributed by atoms with van der Waals surface area (Å²) in [6.07, 6.45) is -0.332. The Labute approximate surface area is 333 Å². The number of fused-ring (bicyclic) bond motifs is 8. The van der Waals surface area contributed by atoms with Crippen molar-refractivity contribution in [2.45, 2.75) is 6.17 Å². The minimum absolute atomic E-state index is 0.332. The van der Waals surface area contributed by atoms with Crippen LogP contribution in [0.25, 0.3) is 82.1 Å². The molecule has 0 saturated heterocycles. The van der Waals surface area contributed by atoms with Crippen molar-refractivity contribution in [1.29, 1.82) is 0 Å². The van der Waals surface area contributed by atoms with Crippen LogP contribution in [0.2, 0.25) is 0 Å². The van der Waals surface area contributed by atoms with E-state index >= 15 is 0 Å². The zero-order valence-corrected chi connectivity index (χ0v) is 31.3. The molecule has 5 nitrogen and oxygen atoms in total. The second-order valence-electron chi connectivity index (χ2n) is 15.0. The number of nitrogens with one attached hydrogen (secondary N) is 1. The van der Waals surface area contributed by atoms with Crippen LogP contribution in [0.4, 0.5) is 0 Å². The van der Waals surface area contributed by atoms with E-state index in [-0.39, 0.29) is 6.17 Å². The quantitative estimate of drug-likeness (QED) is 0.191. The Hall–Kier alpha value is -7.76. The third-order valence-electron chi connectivity index (χ3n) is 11.6. The molecule has 0 saturated carbocycles. The van der Waals surface area contributed by atoms with Gasteiger partial charge in [-0.05, 0) is 86.8 Å². The van der Waals surface area contributed by atoms with E-state index in [9.17, 15) is 0 Å². The normalized spacial score (nSPS) is 14.4. The zero-order valence-electron chi connectivity index (χ0n) is 31.3. The third-order valence-corrected chi connectivity index (χ3v) is 11.6. The molecule has 1 unspecified atom stereocenters. The number of furan rings is 1. The maximum atomic E-state index is 6.73. The van der Waals surface area contributed by atoms with Crippen LogP contribution in [0.5, 0.6) is 0 Å². The molecule has 11 aromatic rings. The van der Waals surface area contributed by atoms with Crippen LogP contribution in [0.15, 0.2) is 209 Å². The Morgan fingerprint density at radius 1 is 0.466 bits per heavy atom. The molecule has 12 rings (SSSR count). The minimum Gasteiger partial charge on any atom is -0.456 e. The van der Waals surface area contributed by atoms with Gasteiger partial charge in [-0.3, -0.25) is 0 Å². The Bertz CT molecular complexity index is 3500. The van der Waals surface area contributed by atoms with Gasteiger partial charge in [-0.1, -0.05) is 140 Å². The molecule has 58 heavy (non-hydrogen) atoms. The summed E-state index contributed by atoms with van der Waals surface area (Å²) in [6.45, 7) is 0. The molecular weight excluding hydrogens is 709 g/mol. The Morgan fingerprint density at radius 3 is 1.98 bits per heavy atom. The van der Waals surface area contributed by atoms with E-state index in [2.05, 4.69) is 204 Å². The summed E-state index contributed by atoms with van der Waals surface area (Å²) in [5.74, 6) is 1.44. The number of nitrogens with zero attached hydrogens (tertiary/aromatic N) is 3. The first-order valence-corrected chi connectivity index (χ1v) is 19.7. The van der Waals surface area contributed by atoms with Crippen LogP contribution in [0.3, 0.4) is 0 Å². The highest BCUT2D eigenvalue weighted by molar-refractivity contribution is 6.17. The van der Waals surface area contributed by atoms with Gasteiger partial charge < -0.3 is 14.3 Å². The summed E-state index contributed by atoms with van der Waals surface area (Å²) >= 11 is 0. The lowest BCUT2D eigenvalue weighted by molar-refractivity contribution is 0.666. The van der Waals surface area contributed by atoms with Gasteiger partial charge in [0.2, 0.25) is 0 Å². The molecule has 272 valence electrons. The summed E-state index contributed by atoms with van der Waals surface area (Å²) < 4.78 is 9.09. The van der Waals surface area contributed by atoms with Gasteiger partial charge in [0.1, 0.15) is 23.2 Å². The lowest BCUT2D eigenvalue weighted by Crippen LogP contribution is -2.33. The second kappa shape index (κ2) is 12.9. The lowest BCUT2D eigenvalue weighted by Gasteiger charge is -2.24. The van der Waals surface area contributed by atoms with Crippen LogP contribution in [-0.4, -0.2) is 16.2 Å². The molecular formula is C53H34N4O. The van der Waals surface area contributed by atoms with Gasteiger partial charge in [-0.15, -0.1) is 0 Å². The van der Waals surface area contributed by atoms with Gasteiger partial charge in [-0.25, -0.2) is 9.98 Å². The van der Waals surface area contributed by atoms with E-state index in [1.54, 1.807) is 0 Å². The molecule has 2 aromatic heterocycles. The predicted octanol–water partition coefficient (Wildman–Crippen LogP) is 13.2. The van der Waals surface area contributed by atoms with Crippen molar-refractivity contribution in [3.63, 3.8) is 0 Å². The van der Waals surface area contributed by atoms with Gasteiger partial charge >= 0.3 is 0 Å². The van der Waals surface area contributed by atoms with Crippen LogP contribution in [0.1, 0.15) is 22.9 Å². The number of hydrogen-bond donors (Lipinski definition) is 1. The fourth-order valence-electron chi connectivity index (χ4n) is 8.81. The SMILES string of the molecule is c1ccc(-c2cccc3c2c2ccccc2n3-c2ccc3c(c2)oc2cc(C4=NC(c5ccc6ccccc6c5)=NC(c5ccc6ccccc6c5)N4)ccc23)cc1. The zero-order chi connectivity index (χ0) is 38.2. The molecule has 1 aliphatic heterocycles. The number of benzene rings is 9. The Kier molecular flexibility index (Phi) is 7.23. The van der Waals surface area contributed by atoms with Gasteiger partial charge in [0.05, 0.1) is 11.0 Å². The van der Waals surface area contributed by atoms with Crippen LogP contribution < -0.4 is 5.32 Å². The highest BCUT2D eigenvalue weighted by Gasteiger charge is 2.23. The van der Waals surface area contributed by atoms with Gasteiger partial charge in [0.25, 0.3) is 0 Å². The van der Waals surface area contributed by atoms with Crippen molar-refractivity contribution in [3.8, 4) is 16.8 Å². The molecule has 0 fully saturated rings. The van der Waals surface area contributed by atoms with Gasteiger partial charge in [0.15, 0.2) is 5.84 Å². The number of amidine groups is 2. The summed E-state index contributed by atoms with van der Waals surface area (Å²) in [5, 5.41) is 13.0. The molecule has 0 radical (unpaired) electrons. The van der Waals surface area contributed by atoms with E-state index in [0.717, 1.165) is 66.6 Å². The maximum absolute atomic E-state index is 6.73. The van der Waals surface area contributed by atoms with Crippen molar-refractivity contribution in [3.05, 3.63) is 211 Å². The van der Waals surface area contributed by atoms with E-state index in [4.69, 9.17) is 14.4 Å². The molecule has 0 bridgehead atoms. The second-order valence-corrected chi connectivity index (χ2v) is 15.0. The summed E-state index contributed by atoms with van der Waals surface area (Å²) in [6, 6.07) is 68.7. The van der Waals surface area contributed by atoms with Gasteiger partial charge in [-0.2, -0.15) is 0 Å². The van der Waals surface area contributed by atoms with E-state index in [0.29, 0.717) is 5.84 Å². The molecule has 1 atom stereocenters. The largest absolute Gasteiger partial charge is 0.456 e. The Balaban J connectivity index is 0.971. The fourth-order valence-corrected chi connectivity index (χ4v) is 8.81. The summed E-state index contributed by atoms with van der Waals surface area (Å²) in [7, 11) is 0. The number of hydrogen-bond acceptors (Lipinski definition) is 4. The van der Waals surface area contributed by atoms with Crippen molar-refractivity contribution < 1.29 is 4.42 Å². The monoisotopic (exact) mass is 742 g/mol. The number of rotatable bonds is 5. The maximum Gasteiger partial charge on any atom is 0.159 e. The molecule has 1 aliphatic rings. The smallest absolute Gasteiger partial charge is 0.159 e. The first kappa shape index (κ1) is 32.5. The van der Waals surface area contributed by atoms with E-state index in [1.807, 2.05) is 0 Å². The van der Waals surface area contributed by atoms with Crippen LogP contribution in [0, 0.1) is 0 Å². The molecule has 9 aromatic carbocycles. The highest BCUT2D eigenvalue weighted by atomic mass is 16.3. The van der Waals surface area contributed by atoms with Crippen molar-refractivity contribution in [2.24, 2.45) is 9.98 Å². The van der Waals surface area contributed by atoms with Crippen LogP contribution in [-0.2, 0) is 0 Å². The van der Waals surface area contributed by atoms with Gasteiger partial charge in [0, 0.05) is 44.4 Å². The highest BCUT2D eigenvalue weighted by Crippen LogP contribution is 2.40. The average Bonchev–Trinajstić information content (AvgIpc) is 3.83. The minimum atomic E-state index is -0.332. The number of para-hydroxylation sites is 1. The summed E-state index contributed by atoms with van der Waals surface area (Å²) in [5.41, 5.74) is 10.4. The third kappa shape index (κ3) is 5.25. The molecule has 5 heteroatoms. The van der Waals surface area contributed by atoms with Crippen LogP contribution >= 0.6 is 0 Å². The average molecular weight is 743 g/mol. The molecule has 0 amide bonds. The van der Waals surface area contributed by atoms with E-state index < -0.39 is 0 Å². The van der Waals surface area contributed by atoms with E-state index in [1.165, 1.54) is 38.1 Å². The Morgan fingerprint density at radius 2 is 1.14 bits per heavy atom. The molecule has 0 spiro atoms. The standard InChI is InChI=1S/C53H34N4O/c1-2-13-35(14-3-1)42-18-10-20-47-50(42)45-17-8-9-19-46(45)57(47)41-26-28-44-43-27-25-40(31-48(43)58-49(44)32-41)53-55-51(38-23-21-33-11-4-6-15-36(33)29-38)54-52(56-53)39-24-22-34-12-5-7-16-37(34)30-39/h1-32,51H,(H,54,55,56). The first-order chi connectivity index (χ1) is 28.7. The summed E-state index contributed by atoms with van der Waals surface area (Å²) in [4.78, 5) is 10.4. The molecule has 3 heterocycles. The lowest BCUT2D eigenvalue weighted by atomic mass is 9.99. The molecule has 1 N–H and O–H groups in total. The topological polar surface area (TPSA) is 54.8 Å². The van der Waals surface area contributed by atoms with Crippen molar-refractivity contribution in [2.75, 3.05) is 0 Å². The fraction of sp³-hybridized carbons (Fsp3) is 0.0189.